The zero-order chi connectivity index (χ0) is 23.2. The fourth-order valence-electron chi connectivity index (χ4n) is 4.67. The van der Waals surface area contributed by atoms with E-state index < -0.39 is 0 Å². The second-order valence-electron chi connectivity index (χ2n) is 9.39. The lowest BCUT2D eigenvalue weighted by atomic mass is 9.80. The van der Waals surface area contributed by atoms with Crippen molar-refractivity contribution in [1.29, 1.82) is 0 Å². The Bertz CT molecular complexity index is 1120. The molecule has 1 saturated heterocycles. The third-order valence-corrected chi connectivity index (χ3v) is 7.48. The monoisotopic (exact) mass is 450 g/mol. The van der Waals surface area contributed by atoms with Gasteiger partial charge in [-0.25, -0.2) is 0 Å². The molecule has 2 aromatic carbocycles. The van der Waals surface area contributed by atoms with Gasteiger partial charge in [0.2, 0.25) is 0 Å². The van der Waals surface area contributed by atoms with Crippen LogP contribution in [0.3, 0.4) is 0 Å². The molecule has 32 heavy (non-hydrogen) atoms. The van der Waals surface area contributed by atoms with Crippen molar-refractivity contribution in [2.24, 2.45) is 0 Å². The molecular formula is C26H30N2O3S. The molecule has 0 bridgehead atoms. The van der Waals surface area contributed by atoms with Crippen LogP contribution in [0.25, 0.3) is 6.08 Å². The largest absolute Gasteiger partial charge is 0.496 e. The maximum atomic E-state index is 13.1. The number of amides is 2. The highest BCUT2D eigenvalue weighted by molar-refractivity contribution is 8.18. The highest BCUT2D eigenvalue weighted by Gasteiger charge is 2.37. The average Bonchev–Trinajstić information content (AvgIpc) is 2.99. The first-order chi connectivity index (χ1) is 15.1. The summed E-state index contributed by atoms with van der Waals surface area (Å²) in [6.07, 6.45) is 2.84. The first-order valence-corrected chi connectivity index (χ1v) is 11.7. The summed E-state index contributed by atoms with van der Waals surface area (Å²) in [5.41, 5.74) is 5.31. The minimum Gasteiger partial charge on any atom is -0.496 e. The molecule has 2 aliphatic heterocycles. The van der Waals surface area contributed by atoms with Crippen molar-refractivity contribution in [2.75, 3.05) is 19.1 Å². The standard InChI is InChI=1S/C26H30N2O3S/c1-16-8-7-9-18(10-16)15-28-24(29)23(32-25(28)30)12-19-11-20-17(2)14-26(3,4)27(5)21(20)13-22(19)31-6/h7-13,17H,14-15H2,1-6H3/b23-12+. The summed E-state index contributed by atoms with van der Waals surface area (Å²) in [6.45, 7) is 9.01. The molecule has 1 unspecified atom stereocenters. The number of imide groups is 1. The van der Waals surface area contributed by atoms with Gasteiger partial charge in [-0.2, -0.15) is 0 Å². The Morgan fingerprint density at radius 1 is 1.22 bits per heavy atom. The summed E-state index contributed by atoms with van der Waals surface area (Å²) < 4.78 is 5.68. The minimum atomic E-state index is -0.257. The van der Waals surface area contributed by atoms with Gasteiger partial charge in [0.05, 0.1) is 18.6 Å². The van der Waals surface area contributed by atoms with Gasteiger partial charge in [-0.3, -0.25) is 14.5 Å². The third kappa shape index (κ3) is 4.04. The van der Waals surface area contributed by atoms with Gasteiger partial charge in [0.1, 0.15) is 5.75 Å². The number of methoxy groups -OCH3 is 1. The van der Waals surface area contributed by atoms with Gasteiger partial charge in [0.25, 0.3) is 11.1 Å². The maximum absolute atomic E-state index is 13.1. The van der Waals surface area contributed by atoms with E-state index in [2.05, 4.69) is 44.9 Å². The van der Waals surface area contributed by atoms with Crippen molar-refractivity contribution in [3.05, 3.63) is 63.6 Å². The Labute approximate surface area is 194 Å². The molecule has 4 rings (SSSR count). The summed E-state index contributed by atoms with van der Waals surface area (Å²) in [7, 11) is 3.75. The van der Waals surface area contributed by atoms with Crippen molar-refractivity contribution < 1.29 is 14.3 Å². The lowest BCUT2D eigenvalue weighted by molar-refractivity contribution is -0.123. The van der Waals surface area contributed by atoms with Crippen molar-refractivity contribution in [3.8, 4) is 5.75 Å². The Morgan fingerprint density at radius 3 is 2.66 bits per heavy atom. The first kappa shape index (κ1) is 22.5. The number of hydrogen-bond acceptors (Lipinski definition) is 5. The summed E-state index contributed by atoms with van der Waals surface area (Å²) in [4.78, 5) is 29.7. The van der Waals surface area contributed by atoms with Crippen LogP contribution in [0.15, 0.2) is 41.3 Å². The van der Waals surface area contributed by atoms with E-state index in [-0.39, 0.29) is 23.2 Å². The van der Waals surface area contributed by atoms with Gasteiger partial charge in [0, 0.05) is 29.9 Å². The number of aryl methyl sites for hydroxylation is 1. The molecule has 0 radical (unpaired) electrons. The lowest BCUT2D eigenvalue weighted by Crippen LogP contribution is -2.45. The van der Waals surface area contributed by atoms with E-state index in [4.69, 9.17) is 4.74 Å². The van der Waals surface area contributed by atoms with Crippen molar-refractivity contribution >= 4 is 34.7 Å². The summed E-state index contributed by atoms with van der Waals surface area (Å²) >= 11 is 0.990. The Kier molecular flexibility index (Phi) is 5.84. The van der Waals surface area contributed by atoms with Gasteiger partial charge in [0.15, 0.2) is 0 Å². The molecule has 0 saturated carbocycles. The van der Waals surface area contributed by atoms with Crippen LogP contribution in [-0.4, -0.2) is 35.7 Å². The van der Waals surface area contributed by atoms with E-state index >= 15 is 0 Å². The van der Waals surface area contributed by atoms with Crippen LogP contribution < -0.4 is 9.64 Å². The number of nitrogens with zero attached hydrogens (tertiary/aromatic N) is 2. The predicted octanol–water partition coefficient (Wildman–Crippen LogP) is 5.96. The molecular weight excluding hydrogens is 420 g/mol. The van der Waals surface area contributed by atoms with Gasteiger partial charge in [-0.05, 0) is 68.1 Å². The van der Waals surface area contributed by atoms with Gasteiger partial charge in [-0.15, -0.1) is 0 Å². The number of thioether (sulfide) groups is 1. The van der Waals surface area contributed by atoms with Crippen LogP contribution in [0.5, 0.6) is 5.75 Å². The first-order valence-electron chi connectivity index (χ1n) is 10.9. The zero-order valence-corrected chi connectivity index (χ0v) is 20.4. The number of carbonyl (C=O) groups excluding carboxylic acids is 2. The van der Waals surface area contributed by atoms with E-state index in [1.165, 1.54) is 10.5 Å². The van der Waals surface area contributed by atoms with Crippen LogP contribution in [0.1, 0.15) is 55.4 Å². The second kappa shape index (κ2) is 8.32. The molecule has 1 atom stereocenters. The van der Waals surface area contributed by atoms with E-state index in [9.17, 15) is 9.59 Å². The lowest BCUT2D eigenvalue weighted by Gasteiger charge is -2.45. The predicted molar refractivity (Wildman–Crippen MR) is 131 cm³/mol. The highest BCUT2D eigenvalue weighted by Crippen LogP contribution is 2.46. The minimum absolute atomic E-state index is 0.0530. The fourth-order valence-corrected chi connectivity index (χ4v) is 5.50. The number of carbonyl (C=O) groups is 2. The fraction of sp³-hybridized carbons (Fsp3) is 0.385. The van der Waals surface area contributed by atoms with Gasteiger partial charge < -0.3 is 9.64 Å². The Morgan fingerprint density at radius 2 is 1.97 bits per heavy atom. The third-order valence-electron chi connectivity index (χ3n) is 6.57. The van der Waals surface area contributed by atoms with Crippen molar-refractivity contribution in [1.82, 2.24) is 4.90 Å². The van der Waals surface area contributed by atoms with Crippen LogP contribution in [0.4, 0.5) is 10.5 Å². The van der Waals surface area contributed by atoms with E-state index in [0.29, 0.717) is 16.6 Å². The van der Waals surface area contributed by atoms with Crippen molar-refractivity contribution in [2.45, 2.75) is 52.1 Å². The topological polar surface area (TPSA) is 49.9 Å². The summed E-state index contributed by atoms with van der Waals surface area (Å²) in [5.74, 6) is 0.823. The summed E-state index contributed by atoms with van der Waals surface area (Å²) in [5, 5.41) is -0.241. The molecule has 1 fully saturated rings. The second-order valence-corrected chi connectivity index (χ2v) is 10.4. The number of rotatable bonds is 4. The Hall–Kier alpha value is -2.73. The maximum Gasteiger partial charge on any atom is 0.293 e. The van der Waals surface area contributed by atoms with Crippen LogP contribution in [-0.2, 0) is 11.3 Å². The number of hydrogen-bond donors (Lipinski definition) is 0. The van der Waals surface area contributed by atoms with E-state index in [1.54, 1.807) is 13.2 Å². The molecule has 168 valence electrons. The molecule has 2 heterocycles. The molecule has 0 spiro atoms. The Balaban J connectivity index is 1.67. The molecule has 0 aliphatic carbocycles. The SMILES string of the molecule is COc1cc2c(cc1/C=C1/SC(=O)N(Cc3cccc(C)c3)C1=O)C(C)CC(C)(C)N2C. The normalized spacial score (nSPS) is 21.3. The molecule has 2 aliphatic rings. The van der Waals surface area contributed by atoms with Crippen LogP contribution >= 0.6 is 11.8 Å². The molecule has 0 aromatic heterocycles. The number of benzene rings is 2. The van der Waals surface area contributed by atoms with Crippen LogP contribution in [0.2, 0.25) is 0 Å². The smallest absolute Gasteiger partial charge is 0.293 e. The van der Waals surface area contributed by atoms with Crippen LogP contribution in [0, 0.1) is 6.92 Å². The van der Waals surface area contributed by atoms with E-state index in [1.807, 2.05) is 31.2 Å². The number of fused-ring (bicyclic) bond motifs is 1. The quantitative estimate of drug-likeness (QED) is 0.538. The van der Waals surface area contributed by atoms with E-state index in [0.717, 1.165) is 40.6 Å². The van der Waals surface area contributed by atoms with Gasteiger partial charge >= 0.3 is 0 Å². The summed E-state index contributed by atoms with van der Waals surface area (Å²) in [6, 6.07) is 12.0. The molecule has 2 aromatic rings. The molecule has 6 heteroatoms. The number of anilines is 1. The average molecular weight is 451 g/mol. The molecule has 2 amide bonds. The highest BCUT2D eigenvalue weighted by atomic mass is 32.2. The van der Waals surface area contributed by atoms with Gasteiger partial charge in [-0.1, -0.05) is 36.8 Å². The number of ether oxygens (including phenoxy) is 1. The zero-order valence-electron chi connectivity index (χ0n) is 19.6. The molecule has 0 N–H and O–H groups in total. The molecule has 5 nitrogen and oxygen atoms in total. The van der Waals surface area contributed by atoms with Crippen molar-refractivity contribution in [3.63, 3.8) is 0 Å².